The first-order chi connectivity index (χ1) is 8.95. The van der Waals surface area contributed by atoms with Crippen LogP contribution in [0.25, 0.3) is 0 Å². The number of nitrogens with two attached hydrogens (primary N) is 1. The second-order valence-corrected chi connectivity index (χ2v) is 6.96. The lowest BCUT2D eigenvalue weighted by molar-refractivity contribution is 0.629. The second-order valence-electron chi connectivity index (χ2n) is 4.94. The lowest BCUT2D eigenvalue weighted by atomic mass is 10.1. The molecule has 4 nitrogen and oxygen atoms in total. The fourth-order valence-electron chi connectivity index (χ4n) is 1.79. The highest BCUT2D eigenvalue weighted by Crippen LogP contribution is 2.21. The Hall–Kier alpha value is -0.760. The molecule has 19 heavy (non-hydrogen) atoms. The molecule has 102 valence electrons. The summed E-state index contributed by atoms with van der Waals surface area (Å²) in [6, 6.07) is 0. The predicted molar refractivity (Wildman–Crippen MR) is 87.4 cm³/mol. The standard InChI is InChI=1S/C13H17IN4S/c1-7(2)4-9-12(14)13(15)18-10(17-9)5-11-16-8(3)6-19-11/h6-7H,4-5H2,1-3H3,(H2,15,17,18). The van der Waals surface area contributed by atoms with Gasteiger partial charge in [0.25, 0.3) is 0 Å². The van der Waals surface area contributed by atoms with Crippen LogP contribution in [0.5, 0.6) is 0 Å². The molecule has 6 heteroatoms. The average Bonchev–Trinajstić information content (AvgIpc) is 2.70. The molecule has 2 aromatic heterocycles. The number of aromatic nitrogens is 3. The number of nitrogen functional groups attached to an aromatic ring is 1. The van der Waals surface area contributed by atoms with Crippen molar-refractivity contribution in [3.05, 3.63) is 31.2 Å². The Morgan fingerprint density at radius 3 is 2.63 bits per heavy atom. The molecular weight excluding hydrogens is 371 g/mol. The Morgan fingerprint density at radius 2 is 2.05 bits per heavy atom. The third kappa shape index (κ3) is 3.85. The van der Waals surface area contributed by atoms with Crippen LogP contribution in [-0.4, -0.2) is 15.0 Å². The largest absolute Gasteiger partial charge is 0.383 e. The zero-order chi connectivity index (χ0) is 14.0. The van der Waals surface area contributed by atoms with E-state index in [1.165, 1.54) is 0 Å². The van der Waals surface area contributed by atoms with Crippen molar-refractivity contribution in [3.63, 3.8) is 0 Å². The van der Waals surface area contributed by atoms with Gasteiger partial charge in [0.2, 0.25) is 0 Å². The molecule has 0 fully saturated rings. The molecule has 2 heterocycles. The van der Waals surface area contributed by atoms with Crippen molar-refractivity contribution < 1.29 is 0 Å². The molecule has 0 aliphatic heterocycles. The number of hydrogen-bond acceptors (Lipinski definition) is 5. The topological polar surface area (TPSA) is 64.7 Å². The van der Waals surface area contributed by atoms with E-state index in [1.807, 2.05) is 12.3 Å². The molecule has 0 amide bonds. The van der Waals surface area contributed by atoms with E-state index in [4.69, 9.17) is 5.73 Å². The van der Waals surface area contributed by atoms with E-state index < -0.39 is 0 Å². The van der Waals surface area contributed by atoms with Crippen LogP contribution in [0.1, 0.15) is 36.1 Å². The van der Waals surface area contributed by atoms with Crippen LogP contribution in [0.15, 0.2) is 5.38 Å². The van der Waals surface area contributed by atoms with E-state index in [-0.39, 0.29) is 0 Å². The minimum atomic E-state index is 0.553. The van der Waals surface area contributed by atoms with E-state index in [9.17, 15) is 0 Å². The first-order valence-corrected chi connectivity index (χ1v) is 8.13. The molecule has 2 aromatic rings. The minimum Gasteiger partial charge on any atom is -0.383 e. The van der Waals surface area contributed by atoms with Gasteiger partial charge in [0.05, 0.1) is 15.7 Å². The monoisotopic (exact) mass is 388 g/mol. The molecule has 0 radical (unpaired) electrons. The molecule has 0 atom stereocenters. The lowest BCUT2D eigenvalue weighted by Crippen LogP contribution is -2.10. The van der Waals surface area contributed by atoms with Crippen LogP contribution in [0.2, 0.25) is 0 Å². The van der Waals surface area contributed by atoms with Gasteiger partial charge >= 0.3 is 0 Å². The number of thiazole rings is 1. The smallest absolute Gasteiger partial charge is 0.140 e. The maximum Gasteiger partial charge on any atom is 0.140 e. The van der Waals surface area contributed by atoms with E-state index in [0.29, 0.717) is 18.2 Å². The van der Waals surface area contributed by atoms with Crippen LogP contribution >= 0.6 is 33.9 Å². The highest BCUT2D eigenvalue weighted by Gasteiger charge is 2.12. The molecule has 2 rings (SSSR count). The van der Waals surface area contributed by atoms with E-state index >= 15 is 0 Å². The number of nitrogens with zero attached hydrogens (tertiary/aromatic N) is 3. The van der Waals surface area contributed by atoms with Crippen molar-refractivity contribution in [3.8, 4) is 0 Å². The van der Waals surface area contributed by atoms with Crippen molar-refractivity contribution in [1.82, 2.24) is 15.0 Å². The second kappa shape index (κ2) is 6.13. The van der Waals surface area contributed by atoms with Crippen molar-refractivity contribution >= 4 is 39.7 Å². The maximum absolute atomic E-state index is 5.98. The number of aryl methyl sites for hydroxylation is 1. The summed E-state index contributed by atoms with van der Waals surface area (Å²) in [4.78, 5) is 13.5. The van der Waals surface area contributed by atoms with E-state index in [0.717, 1.165) is 32.2 Å². The normalized spacial score (nSPS) is 11.2. The van der Waals surface area contributed by atoms with Gasteiger partial charge < -0.3 is 5.73 Å². The summed E-state index contributed by atoms with van der Waals surface area (Å²) in [5.41, 5.74) is 8.07. The minimum absolute atomic E-state index is 0.553. The molecule has 2 N–H and O–H groups in total. The number of anilines is 1. The summed E-state index contributed by atoms with van der Waals surface area (Å²) in [7, 11) is 0. The number of hydrogen-bond donors (Lipinski definition) is 1. The van der Waals surface area contributed by atoms with Crippen LogP contribution in [0, 0.1) is 16.4 Å². The Labute approximate surface area is 131 Å². The Balaban J connectivity index is 2.28. The highest BCUT2D eigenvalue weighted by molar-refractivity contribution is 14.1. The van der Waals surface area contributed by atoms with Crippen LogP contribution in [0.3, 0.4) is 0 Å². The predicted octanol–water partition coefficient (Wildman–Crippen LogP) is 3.22. The molecule has 0 saturated heterocycles. The Bertz CT molecular complexity index is 580. The number of rotatable bonds is 4. The summed E-state index contributed by atoms with van der Waals surface area (Å²) >= 11 is 3.87. The molecule has 0 aliphatic carbocycles. The molecule has 0 unspecified atom stereocenters. The van der Waals surface area contributed by atoms with Crippen LogP contribution in [-0.2, 0) is 12.8 Å². The molecule has 0 aliphatic rings. The van der Waals surface area contributed by atoms with Gasteiger partial charge in [-0.15, -0.1) is 11.3 Å². The van der Waals surface area contributed by atoms with Gasteiger partial charge in [-0.2, -0.15) is 0 Å². The summed E-state index contributed by atoms with van der Waals surface area (Å²) in [6.07, 6.45) is 1.58. The van der Waals surface area contributed by atoms with Gasteiger partial charge in [0.15, 0.2) is 0 Å². The third-order valence-corrected chi connectivity index (χ3v) is 4.71. The lowest BCUT2D eigenvalue weighted by Gasteiger charge is -2.10. The molecule has 0 aromatic carbocycles. The fraction of sp³-hybridized carbons (Fsp3) is 0.462. The molecule has 0 bridgehead atoms. The summed E-state index contributed by atoms with van der Waals surface area (Å²) < 4.78 is 0.977. The van der Waals surface area contributed by atoms with E-state index in [1.54, 1.807) is 11.3 Å². The maximum atomic E-state index is 5.98. The van der Waals surface area contributed by atoms with Gasteiger partial charge in [-0.1, -0.05) is 13.8 Å². The summed E-state index contributed by atoms with van der Waals surface area (Å²) in [6.45, 7) is 6.35. The number of halogens is 1. The van der Waals surface area contributed by atoms with Crippen molar-refractivity contribution in [2.75, 3.05) is 5.73 Å². The van der Waals surface area contributed by atoms with Crippen molar-refractivity contribution in [2.45, 2.75) is 33.6 Å². The average molecular weight is 388 g/mol. The zero-order valence-corrected chi connectivity index (χ0v) is 14.2. The van der Waals surface area contributed by atoms with Gasteiger partial charge in [-0.25, -0.2) is 15.0 Å². The Morgan fingerprint density at radius 1 is 1.32 bits per heavy atom. The summed E-state index contributed by atoms with van der Waals surface area (Å²) in [5, 5.41) is 3.08. The molecule has 0 saturated carbocycles. The molecular formula is C13H17IN4S. The third-order valence-electron chi connectivity index (χ3n) is 2.57. The zero-order valence-electron chi connectivity index (χ0n) is 11.3. The van der Waals surface area contributed by atoms with Crippen molar-refractivity contribution in [1.29, 1.82) is 0 Å². The van der Waals surface area contributed by atoms with Crippen LogP contribution < -0.4 is 5.73 Å². The summed E-state index contributed by atoms with van der Waals surface area (Å²) in [5.74, 6) is 1.90. The van der Waals surface area contributed by atoms with E-state index in [2.05, 4.69) is 51.4 Å². The highest BCUT2D eigenvalue weighted by atomic mass is 127. The van der Waals surface area contributed by atoms with Gasteiger partial charge in [0, 0.05) is 11.1 Å². The first-order valence-electron chi connectivity index (χ1n) is 6.17. The molecule has 0 spiro atoms. The SMILES string of the molecule is Cc1csc(Cc2nc(N)c(I)c(CC(C)C)n2)n1. The first kappa shape index (κ1) is 14.6. The van der Waals surface area contributed by atoms with Gasteiger partial charge in [-0.05, 0) is 41.9 Å². The Kier molecular flexibility index (Phi) is 4.72. The van der Waals surface area contributed by atoms with Gasteiger partial charge in [0.1, 0.15) is 16.6 Å². The van der Waals surface area contributed by atoms with Gasteiger partial charge in [-0.3, -0.25) is 0 Å². The van der Waals surface area contributed by atoms with Crippen molar-refractivity contribution in [2.24, 2.45) is 5.92 Å². The van der Waals surface area contributed by atoms with Crippen LogP contribution in [0.4, 0.5) is 5.82 Å². The fourth-order valence-corrected chi connectivity index (χ4v) is 3.02. The quantitative estimate of drug-likeness (QED) is 0.817.